The van der Waals surface area contributed by atoms with E-state index in [1.807, 2.05) is 60.7 Å². The summed E-state index contributed by atoms with van der Waals surface area (Å²) in [6, 6.07) is 21.6. The third-order valence-corrected chi connectivity index (χ3v) is 3.46. The van der Waals surface area contributed by atoms with Gasteiger partial charge < -0.3 is 4.74 Å². The molecule has 0 aliphatic carbocycles. The Labute approximate surface area is 139 Å². The van der Waals surface area contributed by atoms with Crippen molar-refractivity contribution in [3.05, 3.63) is 100.0 Å². The number of aromatic nitrogens is 2. The van der Waals surface area contributed by atoms with E-state index >= 15 is 0 Å². The summed E-state index contributed by atoms with van der Waals surface area (Å²) in [5.74, 6) is -0.555. The Kier molecular flexibility index (Phi) is 4.81. The van der Waals surface area contributed by atoms with Crippen LogP contribution >= 0.6 is 0 Å². The van der Waals surface area contributed by atoms with Gasteiger partial charge in [-0.05, 0) is 17.2 Å². The van der Waals surface area contributed by atoms with Gasteiger partial charge in [0.05, 0.1) is 6.54 Å². The van der Waals surface area contributed by atoms with Crippen molar-refractivity contribution in [1.82, 2.24) is 9.78 Å². The molecule has 0 aliphatic rings. The number of carbonyl (C=O) groups excluding carboxylic acids is 1. The predicted molar refractivity (Wildman–Crippen MR) is 89.6 cm³/mol. The lowest BCUT2D eigenvalue weighted by Gasteiger charge is -2.08. The highest BCUT2D eigenvalue weighted by Gasteiger charge is 2.11. The van der Waals surface area contributed by atoms with Crippen molar-refractivity contribution in [1.29, 1.82) is 0 Å². The van der Waals surface area contributed by atoms with Gasteiger partial charge in [-0.3, -0.25) is 4.79 Å². The van der Waals surface area contributed by atoms with E-state index in [4.69, 9.17) is 4.74 Å². The largest absolute Gasteiger partial charge is 0.456 e. The molecule has 2 aromatic carbocycles. The summed E-state index contributed by atoms with van der Waals surface area (Å²) in [4.78, 5) is 24.1. The molecule has 0 bridgehead atoms. The second kappa shape index (κ2) is 7.37. The number of ether oxygens (including phenoxy) is 1. The van der Waals surface area contributed by atoms with Crippen LogP contribution in [-0.4, -0.2) is 15.7 Å². The van der Waals surface area contributed by atoms with Gasteiger partial charge in [-0.25, -0.2) is 9.48 Å². The van der Waals surface area contributed by atoms with Crippen LogP contribution in [0.2, 0.25) is 0 Å². The summed E-state index contributed by atoms with van der Waals surface area (Å²) in [7, 11) is 0. The van der Waals surface area contributed by atoms with Crippen molar-refractivity contribution < 1.29 is 9.53 Å². The fourth-order valence-corrected chi connectivity index (χ4v) is 2.22. The number of esters is 1. The monoisotopic (exact) mass is 320 g/mol. The van der Waals surface area contributed by atoms with E-state index in [-0.39, 0.29) is 17.9 Å². The highest BCUT2D eigenvalue weighted by molar-refractivity contribution is 5.86. The fourth-order valence-electron chi connectivity index (χ4n) is 2.22. The maximum atomic E-state index is 12.1. The summed E-state index contributed by atoms with van der Waals surface area (Å²) in [6.07, 6.45) is 0. The lowest BCUT2D eigenvalue weighted by atomic mass is 10.2. The topological polar surface area (TPSA) is 61.2 Å². The number of hydrogen-bond donors (Lipinski definition) is 0. The van der Waals surface area contributed by atoms with Gasteiger partial charge in [-0.15, -0.1) is 0 Å². The maximum absolute atomic E-state index is 12.1. The molecule has 0 radical (unpaired) electrons. The summed E-state index contributed by atoms with van der Waals surface area (Å²) < 4.78 is 6.50. The molecule has 5 heteroatoms. The van der Waals surface area contributed by atoms with Crippen LogP contribution in [0.15, 0.2) is 77.6 Å². The van der Waals surface area contributed by atoms with Crippen molar-refractivity contribution in [3.63, 3.8) is 0 Å². The summed E-state index contributed by atoms with van der Waals surface area (Å²) in [5, 5.41) is 4.11. The van der Waals surface area contributed by atoms with Crippen molar-refractivity contribution >= 4 is 5.97 Å². The standard InChI is InChI=1S/C19H16N2O3/c22-18-12-11-17(19(23)24-14-16-9-5-2-6-10-16)20-21(18)13-15-7-3-1-4-8-15/h1-12H,13-14H2. The van der Waals surface area contributed by atoms with E-state index in [9.17, 15) is 9.59 Å². The minimum absolute atomic E-state index is 0.112. The molecule has 0 saturated carbocycles. The zero-order valence-corrected chi connectivity index (χ0v) is 13.0. The Balaban J connectivity index is 1.73. The molecule has 1 aromatic heterocycles. The Morgan fingerprint density at radius 3 is 2.17 bits per heavy atom. The van der Waals surface area contributed by atoms with Crippen molar-refractivity contribution in [3.8, 4) is 0 Å². The smallest absolute Gasteiger partial charge is 0.359 e. The molecule has 0 spiro atoms. The molecular weight excluding hydrogens is 304 g/mol. The number of benzene rings is 2. The Morgan fingerprint density at radius 1 is 0.875 bits per heavy atom. The van der Waals surface area contributed by atoms with Gasteiger partial charge in [0.2, 0.25) is 0 Å². The lowest BCUT2D eigenvalue weighted by Crippen LogP contribution is -2.25. The van der Waals surface area contributed by atoms with Crippen molar-refractivity contribution in [2.24, 2.45) is 0 Å². The first-order valence-corrected chi connectivity index (χ1v) is 7.55. The highest BCUT2D eigenvalue weighted by Crippen LogP contribution is 2.04. The number of rotatable bonds is 5. The SMILES string of the molecule is O=C(OCc1ccccc1)c1ccc(=O)n(Cc2ccccc2)n1. The van der Waals surface area contributed by atoms with Crippen LogP contribution in [0.3, 0.4) is 0 Å². The van der Waals surface area contributed by atoms with E-state index in [2.05, 4.69) is 5.10 Å². The number of carbonyl (C=O) groups is 1. The molecule has 3 rings (SSSR count). The first-order valence-electron chi connectivity index (χ1n) is 7.55. The number of nitrogens with zero attached hydrogens (tertiary/aromatic N) is 2. The van der Waals surface area contributed by atoms with Crippen LogP contribution in [0.4, 0.5) is 0 Å². The van der Waals surface area contributed by atoms with Crippen LogP contribution in [0.1, 0.15) is 21.6 Å². The molecule has 0 unspecified atom stereocenters. The first kappa shape index (κ1) is 15.7. The summed E-state index contributed by atoms with van der Waals surface area (Å²) >= 11 is 0. The molecule has 0 fully saturated rings. The molecule has 0 saturated heterocycles. The van der Waals surface area contributed by atoms with Crippen LogP contribution in [-0.2, 0) is 17.9 Å². The van der Waals surface area contributed by atoms with E-state index < -0.39 is 5.97 Å². The summed E-state index contributed by atoms with van der Waals surface area (Å²) in [6.45, 7) is 0.471. The molecule has 0 N–H and O–H groups in total. The second-order valence-corrected chi connectivity index (χ2v) is 5.26. The van der Waals surface area contributed by atoms with Crippen molar-refractivity contribution in [2.75, 3.05) is 0 Å². The van der Waals surface area contributed by atoms with Crippen LogP contribution < -0.4 is 5.56 Å². The Morgan fingerprint density at radius 2 is 1.50 bits per heavy atom. The molecule has 0 aliphatic heterocycles. The molecule has 5 nitrogen and oxygen atoms in total. The second-order valence-electron chi connectivity index (χ2n) is 5.26. The van der Waals surface area contributed by atoms with E-state index in [0.717, 1.165) is 11.1 Å². The minimum Gasteiger partial charge on any atom is -0.456 e. The lowest BCUT2D eigenvalue weighted by molar-refractivity contribution is 0.0462. The van der Waals surface area contributed by atoms with Gasteiger partial charge in [0.15, 0.2) is 5.69 Å². The normalized spacial score (nSPS) is 10.3. The van der Waals surface area contributed by atoms with Crippen LogP contribution in [0.25, 0.3) is 0 Å². The number of hydrogen-bond acceptors (Lipinski definition) is 4. The molecular formula is C19H16N2O3. The van der Waals surface area contributed by atoms with Crippen LogP contribution in [0, 0.1) is 0 Å². The molecule has 24 heavy (non-hydrogen) atoms. The third-order valence-electron chi connectivity index (χ3n) is 3.46. The Bertz CT molecular complexity index is 874. The zero-order valence-electron chi connectivity index (χ0n) is 13.0. The molecule has 120 valence electrons. The van der Waals surface area contributed by atoms with Gasteiger partial charge in [0.25, 0.3) is 5.56 Å². The minimum atomic E-state index is -0.555. The highest BCUT2D eigenvalue weighted by atomic mass is 16.5. The first-order chi connectivity index (χ1) is 11.7. The zero-order chi connectivity index (χ0) is 16.8. The molecule has 3 aromatic rings. The van der Waals surface area contributed by atoms with Crippen molar-refractivity contribution in [2.45, 2.75) is 13.2 Å². The van der Waals surface area contributed by atoms with Gasteiger partial charge in [-0.1, -0.05) is 60.7 Å². The molecule has 1 heterocycles. The van der Waals surface area contributed by atoms with E-state index in [0.29, 0.717) is 6.54 Å². The van der Waals surface area contributed by atoms with E-state index in [1.54, 1.807) is 0 Å². The van der Waals surface area contributed by atoms with Crippen LogP contribution in [0.5, 0.6) is 0 Å². The van der Waals surface area contributed by atoms with Gasteiger partial charge in [0.1, 0.15) is 6.61 Å². The average molecular weight is 320 g/mol. The quantitative estimate of drug-likeness (QED) is 0.678. The Hall–Kier alpha value is -3.21. The maximum Gasteiger partial charge on any atom is 0.359 e. The third kappa shape index (κ3) is 3.95. The molecule has 0 amide bonds. The average Bonchev–Trinajstić information content (AvgIpc) is 2.63. The van der Waals surface area contributed by atoms with Gasteiger partial charge >= 0.3 is 5.97 Å². The fraction of sp³-hybridized carbons (Fsp3) is 0.105. The summed E-state index contributed by atoms with van der Waals surface area (Å²) in [5.41, 5.74) is 1.67. The predicted octanol–water partition coefficient (Wildman–Crippen LogP) is 2.65. The van der Waals surface area contributed by atoms with E-state index in [1.165, 1.54) is 16.8 Å². The van der Waals surface area contributed by atoms with Gasteiger partial charge in [0, 0.05) is 6.07 Å². The van der Waals surface area contributed by atoms with Gasteiger partial charge in [-0.2, -0.15) is 5.10 Å². The molecule has 0 atom stereocenters.